The van der Waals surface area contributed by atoms with Crippen LogP contribution in [0.1, 0.15) is 11.4 Å². The first kappa shape index (κ1) is 13.3. The number of aromatic nitrogens is 2. The van der Waals surface area contributed by atoms with Crippen molar-refractivity contribution >= 4 is 45.1 Å². The van der Waals surface area contributed by atoms with E-state index in [4.69, 9.17) is 10.9 Å². The van der Waals surface area contributed by atoms with Gasteiger partial charge < -0.3 is 10.9 Å². The molecule has 0 bridgehead atoms. The van der Waals surface area contributed by atoms with Gasteiger partial charge in [0.05, 0.1) is 0 Å². The normalized spacial score (nSPS) is 11.8. The highest BCUT2D eigenvalue weighted by molar-refractivity contribution is 9.10. The fourth-order valence-corrected chi connectivity index (χ4v) is 3.45. The van der Waals surface area contributed by atoms with Gasteiger partial charge in [-0.05, 0) is 52.6 Å². The van der Waals surface area contributed by atoms with Gasteiger partial charge in [0, 0.05) is 14.9 Å². The van der Waals surface area contributed by atoms with Crippen LogP contribution >= 0.6 is 39.2 Å². The summed E-state index contributed by atoms with van der Waals surface area (Å²) in [7, 11) is 0. The van der Waals surface area contributed by atoms with Gasteiger partial charge in [0.2, 0.25) is 0 Å². The van der Waals surface area contributed by atoms with Crippen molar-refractivity contribution in [2.24, 2.45) is 10.9 Å². The van der Waals surface area contributed by atoms with Crippen LogP contribution in [-0.2, 0) is 0 Å². The molecule has 3 N–H and O–H groups in total. The summed E-state index contributed by atoms with van der Waals surface area (Å²) < 4.78 is 5.87. The summed E-state index contributed by atoms with van der Waals surface area (Å²) in [5.41, 5.74) is 6.18. The number of nitrogens with zero attached hydrogens (tertiary/aromatic N) is 3. The average molecular weight is 345 g/mol. The Morgan fingerprint density at radius 1 is 1.56 bits per heavy atom. The number of nitrogens with two attached hydrogens (primary N) is 1. The second-order valence-corrected chi connectivity index (χ2v) is 6.24. The molecule has 0 unspecified atom stereocenters. The molecule has 0 aliphatic heterocycles. The minimum absolute atomic E-state index is 0.0824. The SMILES string of the molecule is Cc1nsc(Sc2ccc(/C(N)=N/O)cc2Br)n1. The Balaban J connectivity index is 2.25. The van der Waals surface area contributed by atoms with Crippen molar-refractivity contribution in [3.05, 3.63) is 34.1 Å². The van der Waals surface area contributed by atoms with Crippen molar-refractivity contribution in [2.45, 2.75) is 16.2 Å². The van der Waals surface area contributed by atoms with Crippen molar-refractivity contribution in [1.29, 1.82) is 0 Å². The highest BCUT2D eigenvalue weighted by Crippen LogP contribution is 2.34. The molecule has 1 aromatic heterocycles. The fourth-order valence-electron chi connectivity index (χ4n) is 1.21. The van der Waals surface area contributed by atoms with E-state index < -0.39 is 0 Å². The Kier molecular flexibility index (Phi) is 4.20. The summed E-state index contributed by atoms with van der Waals surface area (Å²) in [6.45, 7) is 1.86. The predicted molar refractivity (Wildman–Crippen MR) is 75.4 cm³/mol. The van der Waals surface area contributed by atoms with Crippen LogP contribution in [0.5, 0.6) is 0 Å². The summed E-state index contributed by atoms with van der Waals surface area (Å²) in [4.78, 5) is 5.28. The summed E-state index contributed by atoms with van der Waals surface area (Å²) >= 11 is 6.33. The molecule has 1 heterocycles. The van der Waals surface area contributed by atoms with Gasteiger partial charge >= 0.3 is 0 Å². The van der Waals surface area contributed by atoms with E-state index in [1.807, 2.05) is 13.0 Å². The van der Waals surface area contributed by atoms with Crippen LogP contribution in [0.4, 0.5) is 0 Å². The molecule has 8 heteroatoms. The Hall–Kier alpha value is -1.12. The van der Waals surface area contributed by atoms with Crippen molar-refractivity contribution in [1.82, 2.24) is 9.36 Å². The standard InChI is InChI=1S/C10H9BrN4OS2/c1-5-13-10(18-15-5)17-8-3-2-6(4-7(8)11)9(12)14-16/h2-4,16H,1H3,(H2,12,14). The molecule has 0 atom stereocenters. The van der Waals surface area contributed by atoms with E-state index in [0.717, 1.165) is 19.5 Å². The minimum atomic E-state index is 0.0824. The van der Waals surface area contributed by atoms with Gasteiger partial charge in [-0.25, -0.2) is 4.98 Å². The second-order valence-electron chi connectivity index (χ2n) is 3.34. The predicted octanol–water partition coefficient (Wildman–Crippen LogP) is 2.85. The molecule has 0 radical (unpaired) electrons. The van der Waals surface area contributed by atoms with Crippen LogP contribution in [0, 0.1) is 6.92 Å². The zero-order chi connectivity index (χ0) is 13.1. The summed E-state index contributed by atoms with van der Waals surface area (Å²) in [5.74, 6) is 0.853. The molecule has 2 aromatic rings. The molecule has 94 valence electrons. The van der Waals surface area contributed by atoms with E-state index in [2.05, 4.69) is 30.4 Å². The van der Waals surface area contributed by atoms with E-state index in [0.29, 0.717) is 5.56 Å². The lowest BCUT2D eigenvalue weighted by molar-refractivity contribution is 0.318. The first-order valence-corrected chi connectivity index (χ1v) is 7.24. The zero-order valence-electron chi connectivity index (χ0n) is 9.29. The third kappa shape index (κ3) is 3.01. The molecule has 0 fully saturated rings. The molecular formula is C10H9BrN4OS2. The lowest BCUT2D eigenvalue weighted by atomic mass is 10.2. The van der Waals surface area contributed by atoms with Crippen molar-refractivity contribution < 1.29 is 5.21 Å². The van der Waals surface area contributed by atoms with Gasteiger partial charge in [0.25, 0.3) is 0 Å². The summed E-state index contributed by atoms with van der Waals surface area (Å²) in [6, 6.07) is 5.47. The van der Waals surface area contributed by atoms with Gasteiger partial charge in [-0.1, -0.05) is 16.9 Å². The van der Waals surface area contributed by atoms with Crippen LogP contribution < -0.4 is 5.73 Å². The molecule has 0 amide bonds. The number of rotatable bonds is 3. The largest absolute Gasteiger partial charge is 0.409 e. The van der Waals surface area contributed by atoms with Crippen LogP contribution in [0.2, 0.25) is 0 Å². The summed E-state index contributed by atoms with van der Waals surface area (Å²) in [6.07, 6.45) is 0. The number of hydrogen-bond donors (Lipinski definition) is 2. The quantitative estimate of drug-likeness (QED) is 0.387. The fraction of sp³-hybridized carbons (Fsp3) is 0.100. The topological polar surface area (TPSA) is 84.4 Å². The molecule has 0 spiro atoms. The highest BCUT2D eigenvalue weighted by Gasteiger charge is 2.08. The zero-order valence-corrected chi connectivity index (χ0v) is 12.5. The van der Waals surface area contributed by atoms with E-state index >= 15 is 0 Å². The van der Waals surface area contributed by atoms with Crippen molar-refractivity contribution in [3.8, 4) is 0 Å². The van der Waals surface area contributed by atoms with Crippen molar-refractivity contribution in [3.63, 3.8) is 0 Å². The summed E-state index contributed by atoms with van der Waals surface area (Å²) in [5, 5.41) is 11.6. The molecule has 0 saturated heterocycles. The maximum absolute atomic E-state index is 8.61. The van der Waals surface area contributed by atoms with Gasteiger partial charge in [-0.3, -0.25) is 0 Å². The van der Waals surface area contributed by atoms with Crippen LogP contribution in [0.15, 0.2) is 37.1 Å². The number of benzene rings is 1. The Morgan fingerprint density at radius 3 is 2.89 bits per heavy atom. The third-order valence-electron chi connectivity index (χ3n) is 2.04. The monoisotopic (exact) mass is 344 g/mol. The number of amidine groups is 1. The smallest absolute Gasteiger partial charge is 0.174 e. The molecule has 2 rings (SSSR count). The highest BCUT2D eigenvalue weighted by atomic mass is 79.9. The lowest BCUT2D eigenvalue weighted by Crippen LogP contribution is -2.12. The molecule has 5 nitrogen and oxygen atoms in total. The maximum Gasteiger partial charge on any atom is 0.174 e. The first-order valence-electron chi connectivity index (χ1n) is 4.86. The number of hydrogen-bond acceptors (Lipinski definition) is 6. The number of oxime groups is 1. The van der Waals surface area contributed by atoms with E-state index in [1.54, 1.807) is 12.1 Å². The maximum atomic E-state index is 8.61. The van der Waals surface area contributed by atoms with E-state index in [1.165, 1.54) is 23.3 Å². The van der Waals surface area contributed by atoms with Gasteiger partial charge in [-0.15, -0.1) is 0 Å². The van der Waals surface area contributed by atoms with E-state index in [-0.39, 0.29) is 5.84 Å². The molecule has 18 heavy (non-hydrogen) atoms. The van der Waals surface area contributed by atoms with Gasteiger partial charge in [0.15, 0.2) is 10.2 Å². The van der Waals surface area contributed by atoms with Gasteiger partial charge in [-0.2, -0.15) is 4.37 Å². The Bertz CT molecular complexity index is 599. The first-order chi connectivity index (χ1) is 8.60. The van der Waals surface area contributed by atoms with E-state index in [9.17, 15) is 0 Å². The molecule has 0 aliphatic carbocycles. The number of halogens is 1. The Labute approximate surface area is 120 Å². The lowest BCUT2D eigenvalue weighted by Gasteiger charge is -2.04. The van der Waals surface area contributed by atoms with Gasteiger partial charge in [0.1, 0.15) is 5.82 Å². The molecule has 1 aromatic carbocycles. The minimum Gasteiger partial charge on any atom is -0.409 e. The molecule has 0 saturated carbocycles. The number of aryl methyl sites for hydroxylation is 1. The van der Waals surface area contributed by atoms with Crippen molar-refractivity contribution in [2.75, 3.05) is 0 Å². The molecule has 0 aliphatic rings. The van der Waals surface area contributed by atoms with Crippen LogP contribution in [0.25, 0.3) is 0 Å². The van der Waals surface area contributed by atoms with Crippen LogP contribution in [0.3, 0.4) is 0 Å². The molecular weight excluding hydrogens is 336 g/mol. The average Bonchev–Trinajstić information content (AvgIpc) is 2.76. The third-order valence-corrected chi connectivity index (χ3v) is 4.88. The second kappa shape index (κ2) is 5.68. The Morgan fingerprint density at radius 2 is 2.33 bits per heavy atom. The van der Waals surface area contributed by atoms with Crippen LogP contribution in [-0.4, -0.2) is 20.4 Å².